The fourth-order valence-corrected chi connectivity index (χ4v) is 3.39. The van der Waals surface area contributed by atoms with E-state index in [9.17, 15) is 12.8 Å². The van der Waals surface area contributed by atoms with E-state index >= 15 is 0 Å². The van der Waals surface area contributed by atoms with Gasteiger partial charge in [0.25, 0.3) is 0 Å². The SMILES string of the molecule is O=S(=O)(NCc1cccc(F)c1)c1ccc2c(c1)NCC2. The van der Waals surface area contributed by atoms with E-state index in [4.69, 9.17) is 0 Å². The van der Waals surface area contributed by atoms with E-state index in [1.165, 1.54) is 12.1 Å². The Kier molecular flexibility index (Phi) is 3.65. The minimum atomic E-state index is -3.61. The maximum atomic E-state index is 13.1. The zero-order valence-electron chi connectivity index (χ0n) is 11.3. The van der Waals surface area contributed by atoms with E-state index in [1.54, 1.807) is 24.3 Å². The third-order valence-corrected chi connectivity index (χ3v) is 4.86. The van der Waals surface area contributed by atoms with Crippen LogP contribution in [0.5, 0.6) is 0 Å². The van der Waals surface area contributed by atoms with E-state index in [0.29, 0.717) is 5.56 Å². The lowest BCUT2D eigenvalue weighted by Crippen LogP contribution is -2.23. The van der Waals surface area contributed by atoms with Crippen molar-refractivity contribution in [1.82, 2.24) is 4.72 Å². The normalized spacial score (nSPS) is 13.8. The molecule has 0 amide bonds. The fraction of sp³-hybridized carbons (Fsp3) is 0.200. The van der Waals surface area contributed by atoms with Gasteiger partial charge in [0.05, 0.1) is 4.90 Å². The van der Waals surface area contributed by atoms with E-state index in [2.05, 4.69) is 10.0 Å². The summed E-state index contributed by atoms with van der Waals surface area (Å²) in [5.41, 5.74) is 2.57. The Morgan fingerprint density at radius 1 is 1.19 bits per heavy atom. The van der Waals surface area contributed by atoms with Gasteiger partial charge < -0.3 is 5.32 Å². The molecule has 0 bridgehead atoms. The summed E-state index contributed by atoms with van der Waals surface area (Å²) in [4.78, 5) is 0.215. The van der Waals surface area contributed by atoms with Gasteiger partial charge in [0.1, 0.15) is 5.82 Å². The molecular weight excluding hydrogens is 291 g/mol. The van der Waals surface area contributed by atoms with Crippen molar-refractivity contribution in [2.24, 2.45) is 0 Å². The Balaban J connectivity index is 1.78. The molecule has 0 spiro atoms. The molecule has 6 heteroatoms. The number of halogens is 1. The first-order valence-electron chi connectivity index (χ1n) is 6.65. The van der Waals surface area contributed by atoms with Crippen molar-refractivity contribution in [3.05, 3.63) is 59.4 Å². The van der Waals surface area contributed by atoms with Crippen molar-refractivity contribution in [2.75, 3.05) is 11.9 Å². The van der Waals surface area contributed by atoms with Crippen LogP contribution in [0.4, 0.5) is 10.1 Å². The second-order valence-corrected chi connectivity index (χ2v) is 6.72. The number of anilines is 1. The molecule has 2 aromatic carbocycles. The summed E-state index contributed by atoms with van der Waals surface area (Å²) in [6, 6.07) is 10.9. The van der Waals surface area contributed by atoms with Gasteiger partial charge in [-0.1, -0.05) is 18.2 Å². The maximum absolute atomic E-state index is 13.1. The standard InChI is InChI=1S/C15H15FN2O2S/c16-13-3-1-2-11(8-13)10-18-21(19,20)14-5-4-12-6-7-17-15(12)9-14/h1-5,8-9,17-18H,6-7,10H2. The van der Waals surface area contributed by atoms with Gasteiger partial charge in [-0.3, -0.25) is 0 Å². The van der Waals surface area contributed by atoms with E-state index in [-0.39, 0.29) is 17.3 Å². The minimum absolute atomic E-state index is 0.0601. The van der Waals surface area contributed by atoms with Crippen LogP contribution in [0.2, 0.25) is 0 Å². The van der Waals surface area contributed by atoms with Crippen LogP contribution < -0.4 is 10.0 Å². The van der Waals surface area contributed by atoms with Gasteiger partial charge in [0.2, 0.25) is 10.0 Å². The van der Waals surface area contributed by atoms with Crippen LogP contribution in [0.3, 0.4) is 0 Å². The van der Waals surface area contributed by atoms with Crippen molar-refractivity contribution in [1.29, 1.82) is 0 Å². The molecule has 0 fully saturated rings. The predicted molar refractivity (Wildman–Crippen MR) is 79.1 cm³/mol. The number of sulfonamides is 1. The first kappa shape index (κ1) is 14.0. The minimum Gasteiger partial charge on any atom is -0.384 e. The largest absolute Gasteiger partial charge is 0.384 e. The van der Waals surface area contributed by atoms with Crippen molar-refractivity contribution in [3.63, 3.8) is 0 Å². The molecular formula is C15H15FN2O2S. The second kappa shape index (κ2) is 5.46. The topological polar surface area (TPSA) is 58.2 Å². The Morgan fingerprint density at radius 3 is 2.86 bits per heavy atom. The molecule has 110 valence electrons. The summed E-state index contributed by atoms with van der Waals surface area (Å²) in [6.45, 7) is 0.889. The average molecular weight is 306 g/mol. The molecule has 0 aromatic heterocycles. The Morgan fingerprint density at radius 2 is 2.05 bits per heavy atom. The van der Waals surface area contributed by atoms with Crippen LogP contribution in [0.1, 0.15) is 11.1 Å². The summed E-state index contributed by atoms with van der Waals surface area (Å²) >= 11 is 0. The molecule has 21 heavy (non-hydrogen) atoms. The van der Waals surface area contributed by atoms with Crippen molar-refractivity contribution < 1.29 is 12.8 Å². The van der Waals surface area contributed by atoms with Crippen LogP contribution in [-0.2, 0) is 23.0 Å². The van der Waals surface area contributed by atoms with E-state index < -0.39 is 10.0 Å². The third kappa shape index (κ3) is 3.06. The van der Waals surface area contributed by atoms with Gasteiger partial charge >= 0.3 is 0 Å². The second-order valence-electron chi connectivity index (χ2n) is 4.95. The average Bonchev–Trinajstić information content (AvgIpc) is 2.93. The third-order valence-electron chi connectivity index (χ3n) is 3.46. The van der Waals surface area contributed by atoms with Crippen LogP contribution >= 0.6 is 0 Å². The Hall–Kier alpha value is -1.92. The van der Waals surface area contributed by atoms with Crippen molar-refractivity contribution in [3.8, 4) is 0 Å². The lowest BCUT2D eigenvalue weighted by molar-refractivity contribution is 0.580. The van der Waals surface area contributed by atoms with E-state index in [1.807, 2.05) is 6.07 Å². The first-order chi connectivity index (χ1) is 10.0. The summed E-state index contributed by atoms with van der Waals surface area (Å²) in [7, 11) is -3.61. The highest BCUT2D eigenvalue weighted by molar-refractivity contribution is 7.89. The summed E-state index contributed by atoms with van der Waals surface area (Å²) < 4.78 is 40.1. The number of hydrogen-bond donors (Lipinski definition) is 2. The van der Waals surface area contributed by atoms with Gasteiger partial charge in [-0.15, -0.1) is 0 Å². The summed E-state index contributed by atoms with van der Waals surface area (Å²) in [6.07, 6.45) is 0.909. The number of rotatable bonds is 4. The molecule has 3 rings (SSSR count). The number of fused-ring (bicyclic) bond motifs is 1. The molecule has 2 N–H and O–H groups in total. The number of nitrogens with one attached hydrogen (secondary N) is 2. The molecule has 0 radical (unpaired) electrons. The molecule has 0 unspecified atom stereocenters. The van der Waals surface area contributed by atoms with Gasteiger partial charge in [0.15, 0.2) is 0 Å². The van der Waals surface area contributed by atoms with Gasteiger partial charge in [-0.2, -0.15) is 0 Å². The molecule has 0 saturated heterocycles. The number of benzene rings is 2. The molecule has 1 aliphatic heterocycles. The summed E-state index contributed by atoms with van der Waals surface area (Å²) in [5.74, 6) is -0.381. The Labute approximate surface area is 123 Å². The molecule has 0 aliphatic carbocycles. The zero-order chi connectivity index (χ0) is 14.9. The van der Waals surface area contributed by atoms with Crippen LogP contribution in [-0.4, -0.2) is 15.0 Å². The summed E-state index contributed by atoms with van der Waals surface area (Å²) in [5, 5.41) is 3.15. The van der Waals surface area contributed by atoms with Crippen LogP contribution in [0.25, 0.3) is 0 Å². The lowest BCUT2D eigenvalue weighted by atomic mass is 10.2. The number of hydrogen-bond acceptors (Lipinski definition) is 3. The molecule has 0 saturated carbocycles. The van der Waals surface area contributed by atoms with Crippen LogP contribution in [0, 0.1) is 5.82 Å². The van der Waals surface area contributed by atoms with Crippen molar-refractivity contribution >= 4 is 15.7 Å². The Bertz CT molecular complexity index is 775. The molecule has 2 aromatic rings. The van der Waals surface area contributed by atoms with Crippen molar-refractivity contribution in [2.45, 2.75) is 17.9 Å². The predicted octanol–water partition coefficient (Wildman–Crippen LogP) is 2.27. The highest BCUT2D eigenvalue weighted by atomic mass is 32.2. The maximum Gasteiger partial charge on any atom is 0.240 e. The smallest absolute Gasteiger partial charge is 0.240 e. The zero-order valence-corrected chi connectivity index (χ0v) is 12.1. The quantitative estimate of drug-likeness (QED) is 0.911. The molecule has 1 aliphatic rings. The first-order valence-corrected chi connectivity index (χ1v) is 8.14. The van der Waals surface area contributed by atoms with Crippen LogP contribution in [0.15, 0.2) is 47.4 Å². The van der Waals surface area contributed by atoms with Gasteiger partial charge in [-0.05, 0) is 41.8 Å². The molecule has 1 heterocycles. The molecule has 4 nitrogen and oxygen atoms in total. The molecule has 0 atom stereocenters. The lowest BCUT2D eigenvalue weighted by Gasteiger charge is -2.09. The highest BCUT2D eigenvalue weighted by Crippen LogP contribution is 2.25. The van der Waals surface area contributed by atoms with E-state index in [0.717, 1.165) is 24.2 Å². The monoisotopic (exact) mass is 306 g/mol. The van der Waals surface area contributed by atoms with Gasteiger partial charge in [-0.25, -0.2) is 17.5 Å². The fourth-order valence-electron chi connectivity index (χ4n) is 2.35. The van der Waals surface area contributed by atoms with Gasteiger partial charge in [0, 0.05) is 18.8 Å². The highest BCUT2D eigenvalue weighted by Gasteiger charge is 2.18.